The normalized spacial score (nSPS) is 14.4. The van der Waals surface area contributed by atoms with Crippen LogP contribution in [0.1, 0.15) is 27.2 Å². The minimum atomic E-state index is 0.275. The van der Waals surface area contributed by atoms with Gasteiger partial charge in [0.2, 0.25) is 0 Å². The molecule has 3 nitrogen and oxygen atoms in total. The van der Waals surface area contributed by atoms with Gasteiger partial charge in [0.05, 0.1) is 0 Å². The summed E-state index contributed by atoms with van der Waals surface area (Å²) in [6, 6.07) is 0.875. The van der Waals surface area contributed by atoms with Crippen LogP contribution < -0.4 is 5.73 Å². The van der Waals surface area contributed by atoms with Gasteiger partial charge in [0, 0.05) is 18.6 Å². The molecule has 14 heavy (non-hydrogen) atoms. The van der Waals surface area contributed by atoms with Gasteiger partial charge in [0.15, 0.2) is 0 Å². The van der Waals surface area contributed by atoms with E-state index in [9.17, 15) is 0 Å². The van der Waals surface area contributed by atoms with Gasteiger partial charge in [0.1, 0.15) is 0 Å². The van der Waals surface area contributed by atoms with Gasteiger partial charge in [-0.3, -0.25) is 4.90 Å². The molecule has 1 unspecified atom stereocenters. The molecule has 0 saturated carbocycles. The van der Waals surface area contributed by atoms with E-state index in [2.05, 4.69) is 44.7 Å². The minimum absolute atomic E-state index is 0.275. The molecule has 0 aromatic rings. The molecule has 0 aliphatic heterocycles. The maximum Gasteiger partial charge on any atom is 0.0139 e. The van der Waals surface area contributed by atoms with Crippen LogP contribution in [0.15, 0.2) is 0 Å². The first-order valence-corrected chi connectivity index (χ1v) is 5.57. The van der Waals surface area contributed by atoms with Crippen LogP contribution in [0.2, 0.25) is 0 Å². The van der Waals surface area contributed by atoms with Crippen LogP contribution in [0.4, 0.5) is 0 Å². The molecule has 86 valence electrons. The highest BCUT2D eigenvalue weighted by atomic mass is 15.2. The molecule has 0 aromatic carbocycles. The van der Waals surface area contributed by atoms with Crippen LogP contribution >= 0.6 is 0 Å². The zero-order valence-corrected chi connectivity index (χ0v) is 10.5. The first kappa shape index (κ1) is 13.9. The van der Waals surface area contributed by atoms with Crippen molar-refractivity contribution in [2.75, 3.05) is 33.7 Å². The monoisotopic (exact) mass is 201 g/mol. The molecule has 0 saturated heterocycles. The molecule has 0 aromatic heterocycles. The van der Waals surface area contributed by atoms with Gasteiger partial charge in [-0.25, -0.2) is 0 Å². The Balaban J connectivity index is 3.74. The summed E-state index contributed by atoms with van der Waals surface area (Å²) in [6.45, 7) is 9.85. The second kappa shape index (κ2) is 7.21. The topological polar surface area (TPSA) is 32.5 Å². The van der Waals surface area contributed by atoms with E-state index in [1.807, 2.05) is 0 Å². The number of nitrogens with two attached hydrogens (primary N) is 1. The highest BCUT2D eigenvalue weighted by Crippen LogP contribution is 2.01. The standard InChI is InChI=1S/C11H27N3/c1-10(2)14(9-11(3)12)8-6-7-13(4)5/h10-11H,6-9,12H2,1-5H3. The fourth-order valence-corrected chi connectivity index (χ4v) is 1.52. The van der Waals surface area contributed by atoms with Crippen LogP contribution in [0.3, 0.4) is 0 Å². The second-order valence-corrected chi connectivity index (χ2v) is 4.72. The van der Waals surface area contributed by atoms with Gasteiger partial charge >= 0.3 is 0 Å². The number of rotatable bonds is 7. The zero-order valence-electron chi connectivity index (χ0n) is 10.5. The lowest BCUT2D eigenvalue weighted by atomic mass is 10.2. The molecule has 3 heteroatoms. The smallest absolute Gasteiger partial charge is 0.0139 e. The van der Waals surface area contributed by atoms with Gasteiger partial charge in [-0.2, -0.15) is 0 Å². The van der Waals surface area contributed by atoms with Gasteiger partial charge in [-0.1, -0.05) is 0 Å². The highest BCUT2D eigenvalue weighted by molar-refractivity contribution is 4.68. The maximum absolute atomic E-state index is 5.81. The number of nitrogens with zero attached hydrogens (tertiary/aromatic N) is 2. The first-order valence-electron chi connectivity index (χ1n) is 5.57. The average Bonchev–Trinajstić information content (AvgIpc) is 2.00. The molecule has 0 fully saturated rings. The van der Waals surface area contributed by atoms with Crippen molar-refractivity contribution >= 4 is 0 Å². The van der Waals surface area contributed by atoms with Gasteiger partial charge in [-0.05, 0) is 54.4 Å². The SMILES string of the molecule is CC(N)CN(CCCN(C)C)C(C)C. The molecule has 0 aliphatic rings. The Morgan fingerprint density at radius 2 is 1.64 bits per heavy atom. The van der Waals surface area contributed by atoms with Crippen molar-refractivity contribution in [2.24, 2.45) is 5.73 Å². The summed E-state index contributed by atoms with van der Waals surface area (Å²) >= 11 is 0. The Kier molecular flexibility index (Phi) is 7.15. The summed E-state index contributed by atoms with van der Waals surface area (Å²) in [6.07, 6.45) is 1.22. The molecule has 0 aliphatic carbocycles. The first-order chi connectivity index (χ1) is 6.43. The van der Waals surface area contributed by atoms with Crippen LogP contribution in [0, 0.1) is 0 Å². The molecular formula is C11H27N3. The summed E-state index contributed by atoms with van der Waals surface area (Å²) in [5, 5.41) is 0. The summed E-state index contributed by atoms with van der Waals surface area (Å²) in [4.78, 5) is 4.68. The Morgan fingerprint density at radius 1 is 1.07 bits per heavy atom. The summed E-state index contributed by atoms with van der Waals surface area (Å²) in [5.41, 5.74) is 5.81. The van der Waals surface area contributed by atoms with Crippen LogP contribution in [0.5, 0.6) is 0 Å². The van der Waals surface area contributed by atoms with Crippen molar-refractivity contribution in [1.29, 1.82) is 0 Å². The van der Waals surface area contributed by atoms with Gasteiger partial charge in [-0.15, -0.1) is 0 Å². The Hall–Kier alpha value is -0.120. The number of hydrogen-bond acceptors (Lipinski definition) is 3. The van der Waals surface area contributed by atoms with Crippen molar-refractivity contribution in [3.8, 4) is 0 Å². The Bertz CT molecular complexity index is 132. The molecule has 1 atom stereocenters. The molecule has 0 rings (SSSR count). The third-order valence-corrected chi connectivity index (χ3v) is 2.30. The summed E-state index contributed by atoms with van der Waals surface area (Å²) in [5.74, 6) is 0. The number of hydrogen-bond donors (Lipinski definition) is 1. The zero-order chi connectivity index (χ0) is 11.1. The van der Waals surface area contributed by atoms with E-state index in [1.54, 1.807) is 0 Å². The lowest BCUT2D eigenvalue weighted by Gasteiger charge is -2.28. The van der Waals surface area contributed by atoms with E-state index in [1.165, 1.54) is 6.42 Å². The van der Waals surface area contributed by atoms with Crippen LogP contribution in [-0.2, 0) is 0 Å². The molecule has 2 N–H and O–H groups in total. The summed E-state index contributed by atoms with van der Waals surface area (Å²) in [7, 11) is 4.23. The largest absolute Gasteiger partial charge is 0.327 e. The predicted octanol–water partition coefficient (Wildman–Crippen LogP) is 0.996. The quantitative estimate of drug-likeness (QED) is 0.667. The van der Waals surface area contributed by atoms with Crippen molar-refractivity contribution < 1.29 is 0 Å². The van der Waals surface area contributed by atoms with Gasteiger partial charge in [0.25, 0.3) is 0 Å². The Labute approximate surface area is 89.2 Å². The van der Waals surface area contributed by atoms with Crippen LogP contribution in [0.25, 0.3) is 0 Å². The molecule has 0 spiro atoms. The van der Waals surface area contributed by atoms with Crippen molar-refractivity contribution in [3.05, 3.63) is 0 Å². The Morgan fingerprint density at radius 3 is 2.00 bits per heavy atom. The third kappa shape index (κ3) is 7.30. The lowest BCUT2D eigenvalue weighted by molar-refractivity contribution is 0.201. The van der Waals surface area contributed by atoms with E-state index in [4.69, 9.17) is 5.73 Å². The fourth-order valence-electron chi connectivity index (χ4n) is 1.52. The van der Waals surface area contributed by atoms with Crippen molar-refractivity contribution in [3.63, 3.8) is 0 Å². The van der Waals surface area contributed by atoms with E-state index >= 15 is 0 Å². The van der Waals surface area contributed by atoms with Crippen molar-refractivity contribution in [2.45, 2.75) is 39.3 Å². The van der Waals surface area contributed by atoms with Gasteiger partial charge < -0.3 is 10.6 Å². The van der Waals surface area contributed by atoms with E-state index in [0.29, 0.717) is 6.04 Å². The molecule has 0 bridgehead atoms. The van der Waals surface area contributed by atoms with E-state index in [0.717, 1.165) is 19.6 Å². The van der Waals surface area contributed by atoms with E-state index < -0.39 is 0 Å². The summed E-state index contributed by atoms with van der Waals surface area (Å²) < 4.78 is 0. The maximum atomic E-state index is 5.81. The fraction of sp³-hybridized carbons (Fsp3) is 1.00. The molecule has 0 radical (unpaired) electrons. The molecule has 0 amide bonds. The van der Waals surface area contributed by atoms with Crippen LogP contribution in [-0.4, -0.2) is 55.6 Å². The minimum Gasteiger partial charge on any atom is -0.327 e. The predicted molar refractivity (Wildman–Crippen MR) is 63.5 cm³/mol. The van der Waals surface area contributed by atoms with Crippen molar-refractivity contribution in [1.82, 2.24) is 9.80 Å². The van der Waals surface area contributed by atoms with E-state index in [-0.39, 0.29) is 6.04 Å². The lowest BCUT2D eigenvalue weighted by Crippen LogP contribution is -2.41. The molecule has 0 heterocycles. The third-order valence-electron chi connectivity index (χ3n) is 2.30. The second-order valence-electron chi connectivity index (χ2n) is 4.72. The highest BCUT2D eigenvalue weighted by Gasteiger charge is 2.10. The molecular weight excluding hydrogens is 174 g/mol. The average molecular weight is 201 g/mol.